The van der Waals surface area contributed by atoms with Gasteiger partial charge in [0.2, 0.25) is 0 Å². The number of hydrogen-bond acceptors (Lipinski definition) is 1. The summed E-state index contributed by atoms with van der Waals surface area (Å²) in [6.07, 6.45) is 2.12. The summed E-state index contributed by atoms with van der Waals surface area (Å²) in [5.41, 5.74) is 7.65. The van der Waals surface area contributed by atoms with Gasteiger partial charge in [0.25, 0.3) is 0 Å². The lowest BCUT2D eigenvalue weighted by Crippen LogP contribution is -2.33. The number of aliphatic imine (C=N–C) groups is 1. The first-order valence-electron chi connectivity index (χ1n) is 7.66. The molecule has 0 radical (unpaired) electrons. The second kappa shape index (κ2) is 11.0. The fourth-order valence-electron chi connectivity index (χ4n) is 2.27. The Kier molecular flexibility index (Phi) is 9.29. The predicted molar refractivity (Wildman–Crippen MR) is 105 cm³/mol. The Bertz CT molecular complexity index is 628. The minimum atomic E-state index is -0.550. The molecule has 6 heteroatoms. The maximum Gasteiger partial charge on any atom is 0.188 e. The van der Waals surface area contributed by atoms with Gasteiger partial charge in [-0.25, -0.2) is 8.78 Å². The van der Waals surface area contributed by atoms with Gasteiger partial charge in [-0.15, -0.1) is 24.0 Å². The molecule has 0 amide bonds. The molecule has 0 unspecified atom stereocenters. The summed E-state index contributed by atoms with van der Waals surface area (Å²) >= 11 is 0. The zero-order chi connectivity index (χ0) is 16.5. The molecule has 130 valence electrons. The highest BCUT2D eigenvalue weighted by Gasteiger charge is 2.00. The highest BCUT2D eigenvalue weighted by Crippen LogP contribution is 2.09. The molecule has 0 fully saturated rings. The Balaban J connectivity index is 0.00000288. The van der Waals surface area contributed by atoms with Gasteiger partial charge in [0.1, 0.15) is 11.6 Å². The van der Waals surface area contributed by atoms with E-state index in [1.165, 1.54) is 17.7 Å². The zero-order valence-corrected chi connectivity index (χ0v) is 15.7. The van der Waals surface area contributed by atoms with Crippen LogP contribution in [0.15, 0.2) is 53.5 Å². The van der Waals surface area contributed by atoms with Gasteiger partial charge in [-0.05, 0) is 42.5 Å². The fraction of sp³-hybridized carbons (Fsp3) is 0.278. The van der Waals surface area contributed by atoms with E-state index in [0.717, 1.165) is 12.5 Å². The second-order valence-corrected chi connectivity index (χ2v) is 5.31. The van der Waals surface area contributed by atoms with Crippen LogP contribution in [0.3, 0.4) is 0 Å². The molecule has 2 aromatic carbocycles. The van der Waals surface area contributed by atoms with Crippen LogP contribution in [0.2, 0.25) is 0 Å². The van der Waals surface area contributed by atoms with Crippen LogP contribution in [-0.4, -0.2) is 19.0 Å². The van der Waals surface area contributed by atoms with Gasteiger partial charge in [0.05, 0.1) is 0 Å². The molecule has 2 rings (SSSR count). The van der Waals surface area contributed by atoms with Gasteiger partial charge >= 0.3 is 0 Å². The second-order valence-electron chi connectivity index (χ2n) is 5.31. The Hall–Kier alpha value is -1.70. The molecule has 0 aliphatic rings. The molecule has 0 aromatic heterocycles. The van der Waals surface area contributed by atoms with E-state index in [2.05, 4.69) is 22.4 Å². The molecule has 2 aromatic rings. The number of halogens is 3. The van der Waals surface area contributed by atoms with Crippen molar-refractivity contribution >= 4 is 29.9 Å². The van der Waals surface area contributed by atoms with Gasteiger partial charge < -0.3 is 11.1 Å². The molecule has 0 atom stereocenters. The minimum Gasteiger partial charge on any atom is -0.370 e. The summed E-state index contributed by atoms with van der Waals surface area (Å²) in [5.74, 6) is -0.706. The van der Waals surface area contributed by atoms with E-state index in [1.54, 1.807) is 0 Å². The smallest absolute Gasteiger partial charge is 0.188 e. The van der Waals surface area contributed by atoms with Gasteiger partial charge in [0.15, 0.2) is 5.96 Å². The van der Waals surface area contributed by atoms with Crippen molar-refractivity contribution in [3.8, 4) is 0 Å². The van der Waals surface area contributed by atoms with Crippen molar-refractivity contribution in [2.75, 3.05) is 13.1 Å². The summed E-state index contributed by atoms with van der Waals surface area (Å²) in [6.45, 7) is 1.23. The van der Waals surface area contributed by atoms with Crippen molar-refractivity contribution in [3.05, 3.63) is 71.3 Å². The van der Waals surface area contributed by atoms with Crippen LogP contribution >= 0.6 is 24.0 Å². The van der Waals surface area contributed by atoms with Crippen LogP contribution in [-0.2, 0) is 12.8 Å². The quantitative estimate of drug-likeness (QED) is 0.296. The van der Waals surface area contributed by atoms with Crippen molar-refractivity contribution in [1.29, 1.82) is 0 Å². The van der Waals surface area contributed by atoms with E-state index in [1.807, 2.05) is 18.2 Å². The van der Waals surface area contributed by atoms with Gasteiger partial charge in [-0.1, -0.05) is 30.3 Å². The number of nitrogens with two attached hydrogens (primary N) is 1. The van der Waals surface area contributed by atoms with E-state index in [9.17, 15) is 8.78 Å². The van der Waals surface area contributed by atoms with Crippen LogP contribution in [0.1, 0.15) is 17.5 Å². The first-order chi connectivity index (χ1) is 11.1. The molecule has 0 heterocycles. The predicted octanol–water partition coefficient (Wildman–Crippen LogP) is 3.66. The molecule has 3 N–H and O–H groups in total. The van der Waals surface area contributed by atoms with Crippen molar-refractivity contribution in [2.45, 2.75) is 19.3 Å². The van der Waals surface area contributed by atoms with E-state index in [0.29, 0.717) is 37.5 Å². The molecule has 24 heavy (non-hydrogen) atoms. The Morgan fingerprint density at radius 2 is 1.62 bits per heavy atom. The van der Waals surface area contributed by atoms with Crippen LogP contribution in [0.25, 0.3) is 0 Å². The first-order valence-corrected chi connectivity index (χ1v) is 7.66. The lowest BCUT2D eigenvalue weighted by Gasteiger charge is -2.06. The number of rotatable bonds is 7. The maximum atomic E-state index is 13.0. The van der Waals surface area contributed by atoms with Crippen molar-refractivity contribution < 1.29 is 8.78 Å². The molecule has 3 nitrogen and oxygen atoms in total. The van der Waals surface area contributed by atoms with E-state index in [4.69, 9.17) is 5.73 Å². The van der Waals surface area contributed by atoms with Gasteiger partial charge in [-0.2, -0.15) is 0 Å². The SMILES string of the molecule is I.NC(=NCCCc1cc(F)cc(F)c1)NCCc1ccccc1. The van der Waals surface area contributed by atoms with E-state index in [-0.39, 0.29) is 24.0 Å². The lowest BCUT2D eigenvalue weighted by molar-refractivity contribution is 0.578. The molecule has 0 saturated heterocycles. The van der Waals surface area contributed by atoms with E-state index < -0.39 is 11.6 Å². The molecule has 0 saturated carbocycles. The summed E-state index contributed by atoms with van der Waals surface area (Å²) < 4.78 is 26.1. The average molecular weight is 445 g/mol. The Morgan fingerprint density at radius 1 is 0.958 bits per heavy atom. The van der Waals surface area contributed by atoms with E-state index >= 15 is 0 Å². The maximum absolute atomic E-state index is 13.0. The first kappa shape index (κ1) is 20.3. The average Bonchev–Trinajstić information content (AvgIpc) is 2.52. The van der Waals surface area contributed by atoms with Crippen molar-refractivity contribution in [2.24, 2.45) is 10.7 Å². The standard InChI is InChI=1S/C18H21F2N3.HI/c19-16-11-15(12-17(20)13-16)7-4-9-22-18(21)23-10-8-14-5-2-1-3-6-14;/h1-3,5-6,11-13H,4,7-10H2,(H3,21,22,23);1H. The monoisotopic (exact) mass is 445 g/mol. The zero-order valence-electron chi connectivity index (χ0n) is 13.3. The third kappa shape index (κ3) is 7.72. The molecule has 0 bridgehead atoms. The topological polar surface area (TPSA) is 50.4 Å². The third-order valence-corrected chi connectivity index (χ3v) is 3.39. The van der Waals surface area contributed by atoms with Crippen molar-refractivity contribution in [3.63, 3.8) is 0 Å². The largest absolute Gasteiger partial charge is 0.370 e. The number of guanidine groups is 1. The Morgan fingerprint density at radius 3 is 2.29 bits per heavy atom. The van der Waals surface area contributed by atoms with Crippen LogP contribution < -0.4 is 11.1 Å². The van der Waals surface area contributed by atoms with Crippen LogP contribution in [0.5, 0.6) is 0 Å². The minimum absolute atomic E-state index is 0. The highest BCUT2D eigenvalue weighted by atomic mass is 127. The number of nitrogens with one attached hydrogen (secondary N) is 1. The van der Waals surface area contributed by atoms with Crippen molar-refractivity contribution in [1.82, 2.24) is 5.32 Å². The molecular weight excluding hydrogens is 423 g/mol. The van der Waals surface area contributed by atoms with Gasteiger partial charge in [-0.3, -0.25) is 4.99 Å². The Labute approximate surface area is 158 Å². The summed E-state index contributed by atoms with van der Waals surface area (Å²) in [6, 6.07) is 13.7. The summed E-state index contributed by atoms with van der Waals surface area (Å²) in [7, 11) is 0. The lowest BCUT2D eigenvalue weighted by atomic mass is 10.1. The van der Waals surface area contributed by atoms with Crippen LogP contribution in [0, 0.1) is 11.6 Å². The molecule has 0 aliphatic heterocycles. The van der Waals surface area contributed by atoms with Crippen LogP contribution in [0.4, 0.5) is 8.78 Å². The fourth-order valence-corrected chi connectivity index (χ4v) is 2.27. The van der Waals surface area contributed by atoms with Gasteiger partial charge in [0, 0.05) is 19.2 Å². The number of hydrogen-bond donors (Lipinski definition) is 2. The molecular formula is C18H22F2IN3. The summed E-state index contributed by atoms with van der Waals surface area (Å²) in [4.78, 5) is 4.21. The third-order valence-electron chi connectivity index (χ3n) is 3.39. The number of benzene rings is 2. The number of nitrogens with zero attached hydrogens (tertiary/aromatic N) is 1. The normalized spacial score (nSPS) is 11.0. The highest BCUT2D eigenvalue weighted by molar-refractivity contribution is 14.0. The number of aryl methyl sites for hydroxylation is 1. The molecule has 0 spiro atoms. The summed E-state index contributed by atoms with van der Waals surface area (Å²) in [5, 5.41) is 3.06. The molecule has 0 aliphatic carbocycles.